The number of rotatable bonds is 8. The van der Waals surface area contributed by atoms with Crippen molar-refractivity contribution in [2.75, 3.05) is 9.80 Å². The molecule has 6 heteroatoms. The van der Waals surface area contributed by atoms with Crippen LogP contribution in [-0.4, -0.2) is 0 Å². The molecule has 2 saturated carbocycles. The van der Waals surface area contributed by atoms with E-state index in [2.05, 4.69) is 252 Å². The van der Waals surface area contributed by atoms with E-state index < -0.39 is 0 Å². The summed E-state index contributed by atoms with van der Waals surface area (Å²) >= 11 is 0. The maximum Gasteiger partial charge on any atom is 0.137 e. The SMILES string of the molecule is c1ccc2c(c1)-c1ccc(N(c3ccc4cc(-c5cc6ccccc6o5)ccc4c3)c3ccc4c(c3)oc3cc5c(cc34)oc3cc(N(c4ccc6c(c4)C4(CCCCC4)c4ccccc4-6)c4ccc6cc(-c7cc8ccccc8o7)ccc6c4)ccc35)cc1C21CCCCC1. The van der Waals surface area contributed by atoms with Crippen LogP contribution in [0.1, 0.15) is 86.5 Å². The van der Waals surface area contributed by atoms with Crippen LogP contribution in [0.2, 0.25) is 0 Å². The number of furan rings is 4. The molecule has 96 heavy (non-hydrogen) atoms. The van der Waals surface area contributed by atoms with Gasteiger partial charge in [-0.1, -0.05) is 172 Å². The van der Waals surface area contributed by atoms with Crippen LogP contribution < -0.4 is 9.80 Å². The second-order valence-electron chi connectivity index (χ2n) is 27.7. The molecule has 0 N–H and O–H groups in total. The van der Waals surface area contributed by atoms with Crippen LogP contribution in [0, 0.1) is 0 Å². The Hall–Kier alpha value is -11.3. The van der Waals surface area contributed by atoms with Crippen molar-refractivity contribution in [2.24, 2.45) is 0 Å². The van der Waals surface area contributed by atoms with Crippen molar-refractivity contribution in [3.63, 3.8) is 0 Å². The molecular weight excluding hydrogens is 1170 g/mol. The first kappa shape index (κ1) is 54.1. The highest BCUT2D eigenvalue weighted by Crippen LogP contribution is 2.59. The molecule has 2 fully saturated rings. The number of benzene rings is 13. The Bertz CT molecular complexity index is 5660. The monoisotopic (exact) mass is 1240 g/mol. The molecule has 0 aliphatic heterocycles. The van der Waals surface area contributed by atoms with E-state index in [4.69, 9.17) is 17.7 Å². The Morgan fingerprint density at radius 1 is 0.229 bits per heavy atom. The number of para-hydroxylation sites is 2. The lowest BCUT2D eigenvalue weighted by Gasteiger charge is -2.36. The van der Waals surface area contributed by atoms with Gasteiger partial charge >= 0.3 is 0 Å². The van der Waals surface area contributed by atoms with Gasteiger partial charge in [-0.25, -0.2) is 0 Å². The Morgan fingerprint density at radius 2 is 0.594 bits per heavy atom. The van der Waals surface area contributed by atoms with E-state index in [0.29, 0.717) is 0 Å². The van der Waals surface area contributed by atoms with Gasteiger partial charge in [0, 0.05) is 101 Å². The van der Waals surface area contributed by atoms with Crippen LogP contribution in [0.15, 0.2) is 285 Å². The van der Waals surface area contributed by atoms with Crippen LogP contribution in [0.4, 0.5) is 34.1 Å². The predicted molar refractivity (Wildman–Crippen MR) is 394 cm³/mol. The Kier molecular flexibility index (Phi) is 11.6. The van der Waals surface area contributed by atoms with Crippen LogP contribution >= 0.6 is 0 Å². The predicted octanol–water partition coefficient (Wildman–Crippen LogP) is 26.0. The summed E-state index contributed by atoms with van der Waals surface area (Å²) in [5, 5.41) is 10.9. The van der Waals surface area contributed by atoms with E-state index in [1.165, 1.54) is 83.0 Å². The van der Waals surface area contributed by atoms with Crippen LogP contribution in [-0.2, 0) is 10.8 Å². The van der Waals surface area contributed by atoms with Gasteiger partial charge in [-0.3, -0.25) is 0 Å². The minimum atomic E-state index is 0.00191. The molecule has 0 unspecified atom stereocenters. The molecule has 4 aromatic heterocycles. The van der Waals surface area contributed by atoms with E-state index in [-0.39, 0.29) is 10.8 Å². The smallest absolute Gasteiger partial charge is 0.137 e. The molecule has 0 bridgehead atoms. The zero-order valence-corrected chi connectivity index (χ0v) is 53.0. The fraction of sp³-hybridized carbons (Fsp3) is 0.133. The van der Waals surface area contributed by atoms with Crippen LogP contribution in [0.25, 0.3) is 132 Å². The van der Waals surface area contributed by atoms with Crippen LogP contribution in [0.5, 0.6) is 0 Å². The highest BCUT2D eigenvalue weighted by Gasteiger charge is 2.45. The topological polar surface area (TPSA) is 59.0 Å². The maximum absolute atomic E-state index is 7.07. The standard InChI is InChI=1S/C90H64N2O4/c1-11-39-89(40-12-1)77-19-7-5-17-69(77)71-35-31-65(49-79(71)89)91(63-29-27-55-43-61(25-23-57(55)45-63)83-47-59-15-3-9-21-81(59)93-83)67-33-37-73-75-53-88-76(54-87(75)95-85(73)51-67)74-38-34-68(52-86(74)96-88)92(66-32-36-72-70-18-6-8-20-78(70)90(80(72)50-66)41-13-2-14-42-90)64-30-28-56-44-62(26-24-58(56)46-64)84-48-60-16-4-10-22-82(60)94-84/h3-10,15-38,43-54H,1-2,11-14,39-42H2. The van der Waals surface area contributed by atoms with E-state index >= 15 is 0 Å². The Morgan fingerprint density at radius 3 is 1.06 bits per heavy atom. The number of nitrogens with zero attached hydrogens (tertiary/aromatic N) is 2. The molecule has 17 aromatic rings. The highest BCUT2D eigenvalue weighted by atomic mass is 16.3. The molecular formula is C90H64N2O4. The molecule has 0 saturated heterocycles. The first-order valence-electron chi connectivity index (χ1n) is 34.4. The average molecular weight is 1240 g/mol. The molecule has 21 rings (SSSR count). The number of fused-ring (bicyclic) bond motifs is 20. The van der Waals surface area contributed by atoms with Crippen molar-refractivity contribution in [3.8, 4) is 44.9 Å². The molecule has 0 amide bonds. The molecule has 4 aliphatic carbocycles. The molecule has 4 heterocycles. The third-order valence-electron chi connectivity index (χ3n) is 22.6. The van der Waals surface area contributed by atoms with Crippen molar-refractivity contribution in [1.82, 2.24) is 0 Å². The minimum Gasteiger partial charge on any atom is -0.456 e. The molecule has 458 valence electrons. The number of anilines is 6. The lowest BCUT2D eigenvalue weighted by Crippen LogP contribution is -2.28. The number of hydrogen-bond donors (Lipinski definition) is 0. The van der Waals surface area contributed by atoms with Gasteiger partial charge < -0.3 is 27.5 Å². The molecule has 6 nitrogen and oxygen atoms in total. The molecule has 0 atom stereocenters. The number of hydrogen-bond acceptors (Lipinski definition) is 6. The van der Waals surface area contributed by atoms with Gasteiger partial charge in [-0.2, -0.15) is 0 Å². The summed E-state index contributed by atoms with van der Waals surface area (Å²) in [7, 11) is 0. The lowest BCUT2D eigenvalue weighted by atomic mass is 9.68. The summed E-state index contributed by atoms with van der Waals surface area (Å²) in [5.74, 6) is 1.74. The van der Waals surface area contributed by atoms with Gasteiger partial charge in [-0.05, 0) is 213 Å². The quantitative estimate of drug-likeness (QED) is 0.151. The zero-order valence-electron chi connectivity index (χ0n) is 53.0. The van der Waals surface area contributed by atoms with Gasteiger partial charge in [0.25, 0.3) is 0 Å². The lowest BCUT2D eigenvalue weighted by molar-refractivity contribution is 0.353. The largest absolute Gasteiger partial charge is 0.456 e. The van der Waals surface area contributed by atoms with E-state index in [1.54, 1.807) is 0 Å². The van der Waals surface area contributed by atoms with Crippen molar-refractivity contribution in [3.05, 3.63) is 289 Å². The summed E-state index contributed by atoms with van der Waals surface area (Å²) in [6.45, 7) is 0. The van der Waals surface area contributed by atoms with Crippen molar-refractivity contribution in [1.29, 1.82) is 0 Å². The molecule has 2 spiro atoms. The van der Waals surface area contributed by atoms with Crippen molar-refractivity contribution in [2.45, 2.75) is 75.0 Å². The van der Waals surface area contributed by atoms with Gasteiger partial charge in [0.15, 0.2) is 0 Å². The van der Waals surface area contributed by atoms with Gasteiger partial charge in [0.05, 0.1) is 0 Å². The fourth-order valence-electron chi connectivity index (χ4n) is 18.0. The first-order chi connectivity index (χ1) is 47.4. The van der Waals surface area contributed by atoms with Gasteiger partial charge in [0.2, 0.25) is 0 Å². The average Bonchev–Trinajstić information content (AvgIpc) is 1.56. The minimum absolute atomic E-state index is 0.00191. The summed E-state index contributed by atoms with van der Waals surface area (Å²) in [4.78, 5) is 4.87. The van der Waals surface area contributed by atoms with Crippen LogP contribution in [0.3, 0.4) is 0 Å². The van der Waals surface area contributed by atoms with Crippen molar-refractivity contribution >= 4 is 121 Å². The summed E-state index contributed by atoms with van der Waals surface area (Å²) < 4.78 is 26.8. The molecule has 13 aromatic carbocycles. The molecule has 4 aliphatic rings. The van der Waals surface area contributed by atoms with E-state index in [0.717, 1.165) is 170 Å². The third-order valence-corrected chi connectivity index (χ3v) is 22.6. The first-order valence-corrected chi connectivity index (χ1v) is 34.4. The Balaban J connectivity index is 0.674. The second kappa shape index (κ2) is 20.6. The summed E-state index contributed by atoms with van der Waals surface area (Å²) in [6, 6.07) is 98.5. The van der Waals surface area contributed by atoms with Gasteiger partial charge in [0.1, 0.15) is 45.0 Å². The van der Waals surface area contributed by atoms with Crippen molar-refractivity contribution < 1.29 is 17.7 Å². The molecule has 0 radical (unpaired) electrons. The zero-order chi connectivity index (χ0) is 62.8. The van der Waals surface area contributed by atoms with Gasteiger partial charge in [-0.15, -0.1) is 0 Å². The second-order valence-corrected chi connectivity index (χ2v) is 27.7. The maximum atomic E-state index is 7.07. The summed E-state index contributed by atoms with van der Waals surface area (Å²) in [5.41, 5.74) is 25.1. The summed E-state index contributed by atoms with van der Waals surface area (Å²) in [6.07, 6.45) is 12.2. The third kappa shape index (κ3) is 8.11. The Labute approximate surface area is 554 Å². The van der Waals surface area contributed by atoms with E-state index in [9.17, 15) is 0 Å². The fourth-order valence-corrected chi connectivity index (χ4v) is 18.0. The van der Waals surface area contributed by atoms with E-state index in [1.807, 2.05) is 24.3 Å². The highest BCUT2D eigenvalue weighted by molar-refractivity contribution is 6.16. The normalized spacial score (nSPS) is 15.2.